The van der Waals surface area contributed by atoms with Crippen LogP contribution in [0.3, 0.4) is 0 Å². The molecule has 26 heavy (non-hydrogen) atoms. The number of benzene rings is 1. The molecular weight excluding hydrogens is 470 g/mol. The second-order valence-corrected chi connectivity index (χ2v) is 21.9. The first-order valence-corrected chi connectivity index (χ1v) is 13.7. The van der Waals surface area contributed by atoms with Gasteiger partial charge in [0.2, 0.25) is 0 Å². The van der Waals surface area contributed by atoms with Crippen LogP contribution in [0.4, 0.5) is 0 Å². The molecule has 1 aliphatic rings. The van der Waals surface area contributed by atoms with E-state index in [-0.39, 0.29) is 29.8 Å². The summed E-state index contributed by atoms with van der Waals surface area (Å²) < 4.78 is -3.69. The maximum absolute atomic E-state index is 12.2. The molecule has 0 radical (unpaired) electrons. The Hall–Kier alpha value is -0.620. The number of halogens is 5. The van der Waals surface area contributed by atoms with Gasteiger partial charge in [-0.15, -0.1) is 0 Å². The molecule has 2 amide bonds. The second kappa shape index (κ2) is 8.59. The van der Waals surface area contributed by atoms with Gasteiger partial charge < -0.3 is 9.90 Å². The number of hydrogen-bond donors (Lipinski definition) is 1. The number of carboxylic acids is 1. The summed E-state index contributed by atoms with van der Waals surface area (Å²) in [4.78, 5) is 47.3. The molecule has 144 valence electrons. The summed E-state index contributed by atoms with van der Waals surface area (Å²) in [5.41, 5.74) is 0.401. The number of rotatable bonds is 5. The Morgan fingerprint density at radius 1 is 1.04 bits per heavy atom. The Balaban J connectivity index is 0.000000487. The third-order valence-corrected chi connectivity index (χ3v) is 3.19. The van der Waals surface area contributed by atoms with Gasteiger partial charge in [-0.3, -0.25) is 14.5 Å². The Bertz CT molecular complexity index is 710. The number of Topliss-reactive ketones (excluding diaryl/α,β-unsaturated/α-hetero) is 1. The maximum atomic E-state index is 12.2. The predicted octanol–water partition coefficient (Wildman–Crippen LogP) is 5.41. The fourth-order valence-corrected chi connectivity index (χ4v) is 2.19. The SMILES string of the molecule is CC(=O)CCC(C(=O)O)N1C(=O)c2ccccc2C1=O.ClP(Cl)(Cl)(Cl)Cl. The first-order chi connectivity index (χ1) is 11.7. The molecule has 1 aromatic rings. The molecule has 1 heterocycles. The summed E-state index contributed by atoms with van der Waals surface area (Å²) in [7, 11) is 0. The molecule has 6 nitrogen and oxygen atoms in total. The number of imide groups is 1. The normalized spacial score (nSPS) is 16.1. The number of amides is 2. The van der Waals surface area contributed by atoms with Crippen molar-refractivity contribution in [1.29, 1.82) is 0 Å². The van der Waals surface area contributed by atoms with Crippen molar-refractivity contribution in [3.63, 3.8) is 0 Å². The molecule has 0 aliphatic carbocycles. The van der Waals surface area contributed by atoms with E-state index in [0.717, 1.165) is 4.90 Å². The molecule has 1 atom stereocenters. The summed E-state index contributed by atoms with van der Waals surface area (Å²) in [6, 6.07) is 4.88. The molecule has 1 N–H and O–H groups in total. The molecule has 1 aliphatic heterocycles. The van der Waals surface area contributed by atoms with E-state index in [0.29, 0.717) is 0 Å². The van der Waals surface area contributed by atoms with E-state index < -0.39 is 27.2 Å². The van der Waals surface area contributed by atoms with Crippen LogP contribution in [-0.4, -0.2) is 39.6 Å². The zero-order chi connectivity index (χ0) is 20.3. The van der Waals surface area contributed by atoms with Gasteiger partial charge in [-0.25, -0.2) is 4.79 Å². The standard InChI is InChI=1S/C14H13NO5.Cl5P/c1-8(16)6-7-11(14(19)20)15-12(17)9-4-2-3-5-10(9)13(15)18;1-6(2,3,4)5/h2-5,11H,6-7H2,1H3,(H,19,20);. The summed E-state index contributed by atoms with van der Waals surface area (Å²) in [6.45, 7) is 1.33. The van der Waals surface area contributed by atoms with Gasteiger partial charge in [0.25, 0.3) is 11.8 Å². The third-order valence-electron chi connectivity index (χ3n) is 3.19. The Kier molecular flexibility index (Phi) is 7.74. The average Bonchev–Trinajstić information content (AvgIpc) is 2.70. The van der Waals surface area contributed by atoms with Crippen molar-refractivity contribution in [2.75, 3.05) is 0 Å². The van der Waals surface area contributed by atoms with Crippen LogP contribution < -0.4 is 0 Å². The molecule has 1 aromatic carbocycles. The van der Waals surface area contributed by atoms with Crippen LogP contribution in [-0.2, 0) is 9.59 Å². The fraction of sp³-hybridized carbons (Fsp3) is 0.286. The van der Waals surface area contributed by atoms with Gasteiger partial charge in [0.15, 0.2) is 0 Å². The van der Waals surface area contributed by atoms with E-state index in [1.807, 2.05) is 0 Å². The van der Waals surface area contributed by atoms with Crippen molar-refractivity contribution >= 4 is 83.1 Å². The van der Waals surface area contributed by atoms with Crippen molar-refractivity contribution in [3.8, 4) is 0 Å². The van der Waals surface area contributed by atoms with E-state index in [2.05, 4.69) is 0 Å². The van der Waals surface area contributed by atoms with Gasteiger partial charge in [-0.2, -0.15) is 0 Å². The number of carboxylic acid groups (broad SMARTS) is 1. The van der Waals surface area contributed by atoms with Gasteiger partial charge in [0.1, 0.15) is 11.8 Å². The van der Waals surface area contributed by atoms with Crippen LogP contribution in [0.5, 0.6) is 0 Å². The molecule has 0 saturated carbocycles. The molecule has 0 spiro atoms. The summed E-state index contributed by atoms with van der Waals surface area (Å²) in [6.07, 6.45) is -0.0689. The van der Waals surface area contributed by atoms with Crippen molar-refractivity contribution in [2.45, 2.75) is 25.8 Å². The van der Waals surface area contributed by atoms with Crippen LogP contribution in [0.15, 0.2) is 24.3 Å². The van der Waals surface area contributed by atoms with Crippen LogP contribution >= 0.6 is 59.6 Å². The number of aliphatic carboxylic acids is 1. The van der Waals surface area contributed by atoms with Gasteiger partial charge in [-0.05, 0) is 25.5 Å². The fourth-order valence-electron chi connectivity index (χ4n) is 2.19. The molecule has 1 unspecified atom stereocenters. The van der Waals surface area contributed by atoms with Crippen molar-refractivity contribution in [2.24, 2.45) is 0 Å². The van der Waals surface area contributed by atoms with E-state index in [1.165, 1.54) is 19.1 Å². The number of carbonyl (C=O) groups is 4. The number of hydrogen-bond acceptors (Lipinski definition) is 4. The first-order valence-electron chi connectivity index (χ1n) is 6.97. The van der Waals surface area contributed by atoms with Gasteiger partial charge in [0.05, 0.1) is 11.1 Å². The van der Waals surface area contributed by atoms with Crippen molar-refractivity contribution in [1.82, 2.24) is 4.90 Å². The second-order valence-electron chi connectivity index (χ2n) is 5.26. The van der Waals surface area contributed by atoms with Crippen LogP contribution in [0, 0.1) is 0 Å². The monoisotopic (exact) mass is 481 g/mol. The molecule has 0 aromatic heterocycles. The number of fused-ring (bicyclic) bond motifs is 1. The minimum absolute atomic E-state index is 0.00434. The molecule has 12 heteroatoms. The molecule has 0 bridgehead atoms. The van der Waals surface area contributed by atoms with Gasteiger partial charge in [0, 0.05) is 6.42 Å². The van der Waals surface area contributed by atoms with Crippen molar-refractivity contribution < 1.29 is 24.3 Å². The molecule has 0 fully saturated rings. The summed E-state index contributed by atoms with van der Waals surface area (Å²) >= 11 is 24.9. The quantitative estimate of drug-likeness (QED) is 0.446. The topological polar surface area (TPSA) is 91.8 Å². The van der Waals surface area contributed by atoms with E-state index in [1.54, 1.807) is 12.1 Å². The number of nitrogens with zero attached hydrogens (tertiary/aromatic N) is 1. The average molecular weight is 483 g/mol. The van der Waals surface area contributed by atoms with Gasteiger partial charge >= 0.3 is 65.5 Å². The molecule has 2 rings (SSSR count). The number of carbonyl (C=O) groups excluding carboxylic acids is 3. The zero-order valence-corrected chi connectivity index (χ0v) is 17.8. The molecular formula is C14H13Cl5NO5P. The van der Waals surface area contributed by atoms with Gasteiger partial charge in [-0.1, -0.05) is 12.1 Å². The Labute approximate surface area is 173 Å². The van der Waals surface area contributed by atoms with E-state index in [9.17, 15) is 24.3 Å². The summed E-state index contributed by atoms with van der Waals surface area (Å²) in [5, 5.41) is 9.20. The van der Waals surface area contributed by atoms with Crippen molar-refractivity contribution in [3.05, 3.63) is 35.4 Å². The van der Waals surface area contributed by atoms with Crippen LogP contribution in [0.2, 0.25) is 0 Å². The van der Waals surface area contributed by atoms with Crippen LogP contribution in [0.1, 0.15) is 40.5 Å². The Morgan fingerprint density at radius 3 is 1.73 bits per heavy atom. The zero-order valence-electron chi connectivity index (χ0n) is 13.2. The van der Waals surface area contributed by atoms with E-state index >= 15 is 0 Å². The summed E-state index contributed by atoms with van der Waals surface area (Å²) in [5.74, 6) is -2.73. The third kappa shape index (κ3) is 7.55. The molecule has 0 saturated heterocycles. The van der Waals surface area contributed by atoms with Crippen LogP contribution in [0.25, 0.3) is 0 Å². The Morgan fingerprint density at radius 2 is 1.42 bits per heavy atom. The predicted molar refractivity (Wildman–Crippen MR) is 104 cm³/mol. The van der Waals surface area contributed by atoms with E-state index in [4.69, 9.17) is 56.2 Å². The first kappa shape index (κ1) is 23.4. The number of ketones is 1. The minimum atomic E-state index is -3.69.